The van der Waals surface area contributed by atoms with Gasteiger partial charge in [-0.05, 0) is 13.8 Å². The van der Waals surface area contributed by atoms with Crippen molar-refractivity contribution in [2.24, 2.45) is 0 Å². The molecule has 0 aliphatic carbocycles. The van der Waals surface area contributed by atoms with Crippen LogP contribution in [-0.2, 0) is 0 Å². The maximum atomic E-state index is 8.40. The minimum Gasteiger partial charge on any atom is -0.257 e. The van der Waals surface area contributed by atoms with Gasteiger partial charge in [0.05, 0.1) is 17.6 Å². The minimum atomic E-state index is 0.378. The first kappa shape index (κ1) is 6.69. The van der Waals surface area contributed by atoms with Gasteiger partial charge < -0.3 is 0 Å². The van der Waals surface area contributed by atoms with Crippen molar-refractivity contribution in [1.29, 1.82) is 5.26 Å². The summed E-state index contributed by atoms with van der Waals surface area (Å²) in [6.07, 6.45) is 1.47. The minimum absolute atomic E-state index is 0.378. The average molecular weight is 133 g/mol. The third-order valence-electron chi connectivity index (χ3n) is 1.31. The molecule has 0 fully saturated rings. The second-order valence-corrected chi connectivity index (χ2v) is 2.04. The Morgan fingerprint density at radius 3 is 2.60 bits per heavy atom. The van der Waals surface area contributed by atoms with E-state index in [0.29, 0.717) is 5.69 Å². The molecule has 3 nitrogen and oxygen atoms in total. The summed E-state index contributed by atoms with van der Waals surface area (Å²) in [4.78, 5) is 7.93. The fourth-order valence-corrected chi connectivity index (χ4v) is 0.596. The van der Waals surface area contributed by atoms with Gasteiger partial charge in [0.15, 0.2) is 5.69 Å². The zero-order valence-corrected chi connectivity index (χ0v) is 5.92. The number of nitriles is 1. The molecule has 0 bridgehead atoms. The molecule has 0 saturated heterocycles. The van der Waals surface area contributed by atoms with Crippen LogP contribution in [0.5, 0.6) is 0 Å². The van der Waals surface area contributed by atoms with E-state index < -0.39 is 0 Å². The summed E-state index contributed by atoms with van der Waals surface area (Å²) in [6, 6.07) is 1.92. The topological polar surface area (TPSA) is 49.6 Å². The first-order chi connectivity index (χ1) is 4.74. The molecular weight excluding hydrogens is 126 g/mol. The maximum absolute atomic E-state index is 8.40. The van der Waals surface area contributed by atoms with E-state index in [1.807, 2.05) is 19.9 Å². The standard InChI is InChI=1S/C7H7N3/c1-5-6(2)10-7(3-8)4-9-5/h4H,1-2H3. The second kappa shape index (κ2) is 2.44. The zero-order valence-electron chi connectivity index (χ0n) is 5.92. The average Bonchev–Trinajstić information content (AvgIpc) is 1.95. The SMILES string of the molecule is Cc1ncc(C#N)nc1C. The molecule has 0 N–H and O–H groups in total. The van der Waals surface area contributed by atoms with E-state index in [2.05, 4.69) is 9.97 Å². The smallest absolute Gasteiger partial charge is 0.159 e. The molecule has 0 radical (unpaired) electrons. The predicted octanol–water partition coefficient (Wildman–Crippen LogP) is 0.965. The predicted molar refractivity (Wildman–Crippen MR) is 36.2 cm³/mol. The monoisotopic (exact) mass is 133 g/mol. The molecule has 0 atom stereocenters. The quantitative estimate of drug-likeness (QED) is 0.529. The summed E-state index contributed by atoms with van der Waals surface area (Å²) in [5, 5.41) is 8.40. The summed E-state index contributed by atoms with van der Waals surface area (Å²) in [7, 11) is 0. The van der Waals surface area contributed by atoms with Crippen LogP contribution in [0.2, 0.25) is 0 Å². The van der Waals surface area contributed by atoms with Gasteiger partial charge in [0.25, 0.3) is 0 Å². The lowest BCUT2D eigenvalue weighted by molar-refractivity contribution is 1.03. The molecule has 0 aliphatic heterocycles. The van der Waals surface area contributed by atoms with Crippen molar-refractivity contribution >= 4 is 0 Å². The van der Waals surface area contributed by atoms with E-state index in [0.717, 1.165) is 11.4 Å². The third-order valence-corrected chi connectivity index (χ3v) is 1.31. The van der Waals surface area contributed by atoms with Crippen LogP contribution in [-0.4, -0.2) is 9.97 Å². The summed E-state index contributed by atoms with van der Waals surface area (Å²) in [5.74, 6) is 0. The molecule has 50 valence electrons. The maximum Gasteiger partial charge on any atom is 0.159 e. The van der Waals surface area contributed by atoms with Crippen LogP contribution < -0.4 is 0 Å². The normalized spacial score (nSPS) is 8.90. The molecule has 0 amide bonds. The molecule has 0 saturated carbocycles. The van der Waals surface area contributed by atoms with Crippen molar-refractivity contribution in [3.05, 3.63) is 23.3 Å². The van der Waals surface area contributed by atoms with Gasteiger partial charge in [-0.1, -0.05) is 0 Å². The van der Waals surface area contributed by atoms with Crippen molar-refractivity contribution in [2.75, 3.05) is 0 Å². The molecule has 3 heteroatoms. The summed E-state index contributed by atoms with van der Waals surface area (Å²) in [6.45, 7) is 3.70. The zero-order chi connectivity index (χ0) is 7.56. The highest BCUT2D eigenvalue weighted by molar-refractivity contribution is 5.20. The first-order valence-corrected chi connectivity index (χ1v) is 2.94. The fraction of sp³-hybridized carbons (Fsp3) is 0.286. The molecule has 10 heavy (non-hydrogen) atoms. The summed E-state index contributed by atoms with van der Waals surface area (Å²) < 4.78 is 0. The lowest BCUT2D eigenvalue weighted by Gasteiger charge is -1.94. The van der Waals surface area contributed by atoms with Crippen molar-refractivity contribution in [3.63, 3.8) is 0 Å². The van der Waals surface area contributed by atoms with Crippen LogP contribution >= 0.6 is 0 Å². The summed E-state index contributed by atoms with van der Waals surface area (Å²) >= 11 is 0. The Balaban J connectivity index is 3.20. The number of hydrogen-bond donors (Lipinski definition) is 0. The van der Waals surface area contributed by atoms with Gasteiger partial charge in [-0.25, -0.2) is 4.98 Å². The Labute approximate surface area is 59.4 Å². The van der Waals surface area contributed by atoms with E-state index in [4.69, 9.17) is 5.26 Å². The molecule has 0 aliphatic rings. The molecule has 0 spiro atoms. The number of aryl methyl sites for hydroxylation is 2. The molecular formula is C7H7N3. The van der Waals surface area contributed by atoms with Crippen molar-refractivity contribution in [1.82, 2.24) is 9.97 Å². The Bertz CT molecular complexity index is 285. The number of rotatable bonds is 0. The molecule has 0 aromatic carbocycles. The van der Waals surface area contributed by atoms with Gasteiger partial charge in [0.1, 0.15) is 6.07 Å². The Morgan fingerprint density at radius 2 is 2.10 bits per heavy atom. The third kappa shape index (κ3) is 1.11. The van der Waals surface area contributed by atoms with E-state index in [1.165, 1.54) is 6.20 Å². The second-order valence-electron chi connectivity index (χ2n) is 2.04. The van der Waals surface area contributed by atoms with Crippen LogP contribution in [0.4, 0.5) is 0 Å². The van der Waals surface area contributed by atoms with Crippen LogP contribution in [0.1, 0.15) is 17.1 Å². The highest BCUT2D eigenvalue weighted by atomic mass is 14.8. The molecule has 1 heterocycles. The van der Waals surface area contributed by atoms with Gasteiger partial charge in [0.2, 0.25) is 0 Å². The molecule has 0 unspecified atom stereocenters. The van der Waals surface area contributed by atoms with Gasteiger partial charge >= 0.3 is 0 Å². The van der Waals surface area contributed by atoms with Gasteiger partial charge in [-0.15, -0.1) is 0 Å². The van der Waals surface area contributed by atoms with Crippen LogP contribution in [0.25, 0.3) is 0 Å². The van der Waals surface area contributed by atoms with Crippen LogP contribution in [0.3, 0.4) is 0 Å². The van der Waals surface area contributed by atoms with E-state index >= 15 is 0 Å². The number of hydrogen-bond acceptors (Lipinski definition) is 3. The van der Waals surface area contributed by atoms with Crippen molar-refractivity contribution in [2.45, 2.75) is 13.8 Å². The van der Waals surface area contributed by atoms with Crippen LogP contribution in [0.15, 0.2) is 6.20 Å². The Kier molecular flexibility index (Phi) is 1.63. The molecule has 1 aromatic heterocycles. The van der Waals surface area contributed by atoms with Crippen LogP contribution in [0, 0.1) is 25.2 Å². The lowest BCUT2D eigenvalue weighted by Crippen LogP contribution is -1.93. The number of aromatic nitrogens is 2. The van der Waals surface area contributed by atoms with Gasteiger partial charge in [-0.2, -0.15) is 5.26 Å². The van der Waals surface area contributed by atoms with Crippen molar-refractivity contribution < 1.29 is 0 Å². The van der Waals surface area contributed by atoms with Gasteiger partial charge in [0, 0.05) is 0 Å². The first-order valence-electron chi connectivity index (χ1n) is 2.94. The van der Waals surface area contributed by atoms with E-state index in [-0.39, 0.29) is 0 Å². The van der Waals surface area contributed by atoms with Gasteiger partial charge in [-0.3, -0.25) is 4.98 Å². The Hall–Kier alpha value is -1.43. The lowest BCUT2D eigenvalue weighted by atomic mass is 10.3. The van der Waals surface area contributed by atoms with E-state index in [1.54, 1.807) is 0 Å². The van der Waals surface area contributed by atoms with E-state index in [9.17, 15) is 0 Å². The Morgan fingerprint density at radius 1 is 1.40 bits per heavy atom. The largest absolute Gasteiger partial charge is 0.257 e. The highest BCUT2D eigenvalue weighted by Crippen LogP contribution is 1.98. The van der Waals surface area contributed by atoms with Crippen molar-refractivity contribution in [3.8, 4) is 6.07 Å². The molecule has 1 rings (SSSR count). The highest BCUT2D eigenvalue weighted by Gasteiger charge is 1.95. The summed E-state index contributed by atoms with van der Waals surface area (Å²) in [5.41, 5.74) is 2.07. The number of nitrogens with zero attached hydrogens (tertiary/aromatic N) is 3. The fourth-order valence-electron chi connectivity index (χ4n) is 0.596. The molecule has 1 aromatic rings.